The molecule has 5 heterocycles. The molecule has 19 nitrogen and oxygen atoms in total. The van der Waals surface area contributed by atoms with Gasteiger partial charge in [0.15, 0.2) is 0 Å². The first-order valence-corrected chi connectivity index (χ1v) is 25.3. The molecule has 0 saturated carbocycles. The van der Waals surface area contributed by atoms with Crippen LogP contribution in [0.4, 0.5) is 17.1 Å². The van der Waals surface area contributed by atoms with Gasteiger partial charge in [0.2, 0.25) is 0 Å². The van der Waals surface area contributed by atoms with E-state index in [1.54, 1.807) is 145 Å². The van der Waals surface area contributed by atoms with Gasteiger partial charge in [0, 0.05) is 84.3 Å². The Balaban J connectivity index is 0.000000182. The second-order valence-electron chi connectivity index (χ2n) is 19.9. The number of ether oxygens (including phenoxy) is 2. The molecule has 408 valence electrons. The number of nitrogens with two attached hydrogens (primary N) is 1. The number of carboxylic acids is 1. The number of aromatic nitrogens is 8. The minimum absolute atomic E-state index is 0. The zero-order valence-electron chi connectivity index (χ0n) is 46.1. The quantitative estimate of drug-likeness (QED) is 0.0627. The van der Waals surface area contributed by atoms with Gasteiger partial charge in [-0.05, 0) is 138 Å². The van der Waals surface area contributed by atoms with Crippen LogP contribution in [0, 0.1) is 0 Å². The zero-order valence-corrected chi connectivity index (χ0v) is 48.1. The normalized spacial score (nSPS) is 10.8. The molecule has 0 aliphatic carbocycles. The summed E-state index contributed by atoms with van der Waals surface area (Å²) in [5, 5.41) is 29.4. The van der Waals surface area contributed by atoms with Crippen LogP contribution in [0.1, 0.15) is 93.3 Å². The molecule has 0 unspecified atom stereocenters. The number of amides is 2. The first-order valence-electron chi connectivity index (χ1n) is 25.3. The maximum Gasteiger partial charge on any atom is 1.00 e. The van der Waals surface area contributed by atoms with Gasteiger partial charge in [0.05, 0.1) is 56.7 Å². The van der Waals surface area contributed by atoms with E-state index in [4.69, 9.17) is 15.2 Å². The summed E-state index contributed by atoms with van der Waals surface area (Å²) < 4.78 is 15.7. The Hall–Kier alpha value is -9.82. The summed E-state index contributed by atoms with van der Waals surface area (Å²) in [4.78, 5) is 70.5. The monoisotopic (exact) mass is 1110 g/mol. The molecule has 0 bridgehead atoms. The number of carbonyl (C=O) groups excluding carboxylic acids is 5. The van der Waals surface area contributed by atoms with Gasteiger partial charge in [0.25, 0.3) is 11.8 Å². The first-order chi connectivity index (χ1) is 38.8. The maximum absolute atomic E-state index is 13.1. The molecule has 10 rings (SSSR count). The number of nitrogens with one attached hydrogen (secondary N) is 2. The molecule has 0 fully saturated rings. The maximum atomic E-state index is 13.1. The Morgan fingerprint density at radius 2 is 0.841 bits per heavy atom. The first kappa shape index (κ1) is 59.8. The van der Waals surface area contributed by atoms with Gasteiger partial charge in [-0.15, -0.1) is 0 Å². The molecule has 0 atom stereocenters. The van der Waals surface area contributed by atoms with Crippen molar-refractivity contribution in [3.63, 3.8) is 0 Å². The van der Waals surface area contributed by atoms with Crippen LogP contribution in [0.3, 0.4) is 0 Å². The summed E-state index contributed by atoms with van der Waals surface area (Å²) in [6.45, 7) is 10.8. The predicted molar refractivity (Wildman–Crippen MR) is 305 cm³/mol. The minimum Gasteiger partial charge on any atom is -0.545 e. The summed E-state index contributed by atoms with van der Waals surface area (Å²) in [5.74, 6) is -3.19. The van der Waals surface area contributed by atoms with Crippen LogP contribution in [0.25, 0.3) is 39.3 Å². The second-order valence-corrected chi connectivity index (χ2v) is 19.9. The molecule has 0 saturated heterocycles. The molecule has 5 aromatic carbocycles. The van der Waals surface area contributed by atoms with Crippen molar-refractivity contribution in [1.29, 1.82) is 0 Å². The Kier molecular flexibility index (Phi) is 19.6. The van der Waals surface area contributed by atoms with Gasteiger partial charge in [0.1, 0.15) is 11.2 Å². The number of nitrogens with zero attached hydrogens (tertiary/aromatic N) is 8. The topological polar surface area (TPSA) is 256 Å². The van der Waals surface area contributed by atoms with Crippen LogP contribution >= 0.6 is 0 Å². The van der Waals surface area contributed by atoms with E-state index < -0.39 is 35.0 Å². The third kappa shape index (κ3) is 16.2. The average molecular weight is 1110 g/mol. The van der Waals surface area contributed by atoms with Crippen molar-refractivity contribution in [3.8, 4) is 39.3 Å². The number of aromatic carboxylic acids is 1. The summed E-state index contributed by atoms with van der Waals surface area (Å²) in [7, 11) is 0. The Morgan fingerprint density at radius 3 is 1.22 bits per heavy atom. The zero-order chi connectivity index (χ0) is 57.7. The number of nitrogen functional groups attached to an aromatic ring is 1. The molecule has 82 heavy (non-hydrogen) atoms. The van der Waals surface area contributed by atoms with Crippen molar-refractivity contribution in [2.75, 3.05) is 16.4 Å². The molecular formula is C62H56N11NaO8. The predicted octanol–water partition coefficient (Wildman–Crippen LogP) is 7.11. The summed E-state index contributed by atoms with van der Waals surface area (Å²) >= 11 is 0. The minimum atomic E-state index is -1.39. The van der Waals surface area contributed by atoms with E-state index in [9.17, 15) is 29.1 Å². The molecule has 0 aliphatic heterocycles. The fraction of sp³-hybridized carbons (Fsp3) is 0.129. The molecule has 0 spiro atoms. The number of rotatable bonds is 12. The molecule has 0 radical (unpaired) electrons. The van der Waals surface area contributed by atoms with Crippen LogP contribution < -0.4 is 51.0 Å². The number of carbonyl (C=O) groups is 5. The van der Waals surface area contributed by atoms with Crippen molar-refractivity contribution in [1.82, 2.24) is 39.3 Å². The van der Waals surface area contributed by atoms with E-state index in [1.807, 2.05) is 93.7 Å². The number of hydrogen-bond donors (Lipinski definition) is 3. The van der Waals surface area contributed by atoms with E-state index in [-0.39, 0.29) is 52.3 Å². The van der Waals surface area contributed by atoms with Crippen molar-refractivity contribution < 1.29 is 68.1 Å². The van der Waals surface area contributed by atoms with E-state index in [1.165, 1.54) is 24.5 Å². The van der Waals surface area contributed by atoms with Crippen molar-refractivity contribution in [2.45, 2.75) is 52.7 Å². The summed E-state index contributed by atoms with van der Waals surface area (Å²) in [6, 6.07) is 42.7. The Labute approximate surface area is 495 Å². The molecule has 10 aromatic rings. The third-order valence-corrected chi connectivity index (χ3v) is 11.5. The number of pyridine rings is 2. The Bertz CT molecular complexity index is 3810. The number of anilines is 3. The van der Waals surface area contributed by atoms with Crippen molar-refractivity contribution in [2.24, 2.45) is 0 Å². The van der Waals surface area contributed by atoms with Gasteiger partial charge < -0.3 is 35.7 Å². The largest absolute Gasteiger partial charge is 1.00 e. The molecule has 0 aliphatic rings. The summed E-state index contributed by atoms with van der Waals surface area (Å²) in [5.41, 5.74) is 12.3. The average Bonchev–Trinajstić information content (AvgIpc) is 4.39. The molecule has 4 N–H and O–H groups in total. The third-order valence-electron chi connectivity index (χ3n) is 11.5. The van der Waals surface area contributed by atoms with Crippen LogP contribution in [0.5, 0.6) is 0 Å². The fourth-order valence-corrected chi connectivity index (χ4v) is 7.82. The van der Waals surface area contributed by atoms with Crippen LogP contribution in [-0.2, 0) is 9.47 Å². The number of esters is 2. The van der Waals surface area contributed by atoms with Crippen molar-refractivity contribution >= 4 is 46.8 Å². The van der Waals surface area contributed by atoms with Gasteiger partial charge >= 0.3 is 41.5 Å². The molecule has 2 amide bonds. The van der Waals surface area contributed by atoms with Gasteiger partial charge in [-0.2, -0.15) is 15.3 Å². The molecular weight excluding hydrogens is 1050 g/mol. The SMILES string of the molecule is CC(C)(C)OC(=O)c1ccc(-n2cccn2)cc1N.CC(C)(C)OC(=O)c1ccc(-n2cccn2)cc1NC(=O)c1cncc(-c2ccccc2)c1.O=C(Nc1cc(-n2cccn2)ccc1C(=O)[O-])c1cncc(-c2ccccc2)c1.[Na+]. The van der Waals surface area contributed by atoms with E-state index >= 15 is 0 Å². The Morgan fingerprint density at radius 1 is 0.463 bits per heavy atom. The molecule has 5 aromatic heterocycles. The number of carboxylic acid groups (broad SMARTS) is 1. The van der Waals surface area contributed by atoms with Crippen LogP contribution in [-0.4, -0.2) is 80.2 Å². The standard InChI is InChI=1S/C26H24N4O3.C22H16N4O3.C14H17N3O2.Na/c1-26(2,3)33-25(32)22-11-10-21(30-13-7-12-28-30)15-23(22)29-24(31)20-14-19(16-27-17-20)18-8-5-4-6-9-18;27-21(17-11-16(13-23-14-17)15-5-2-1-3-6-15)25-20-12-18(26-10-4-9-24-26)7-8-19(20)22(28)29;1-14(2,3)19-13(18)11-6-5-10(9-12(11)15)17-8-4-7-16-17;/h4-17H,1-3H3,(H,29,31);1-14H,(H,25,27)(H,28,29);4-9H,15H2,1-3H3;/q;;;+1/p-1. The number of hydrogen-bond acceptors (Lipinski definition) is 14. The number of benzene rings is 5. The van der Waals surface area contributed by atoms with Gasteiger partial charge in [-0.3, -0.25) is 19.6 Å². The van der Waals surface area contributed by atoms with E-state index in [0.29, 0.717) is 39.4 Å². The van der Waals surface area contributed by atoms with E-state index in [2.05, 4.69) is 35.9 Å². The van der Waals surface area contributed by atoms with Gasteiger partial charge in [-0.25, -0.2) is 23.6 Å². The van der Waals surface area contributed by atoms with Gasteiger partial charge in [-0.1, -0.05) is 60.7 Å². The van der Waals surface area contributed by atoms with Crippen LogP contribution in [0.2, 0.25) is 0 Å². The van der Waals surface area contributed by atoms with E-state index in [0.717, 1.165) is 27.9 Å². The smallest absolute Gasteiger partial charge is 0.545 e. The fourth-order valence-electron chi connectivity index (χ4n) is 7.82. The second kappa shape index (κ2) is 26.9. The van der Waals surface area contributed by atoms with Crippen molar-refractivity contribution in [3.05, 3.63) is 235 Å². The summed E-state index contributed by atoms with van der Waals surface area (Å²) in [6.07, 6.45) is 16.5. The molecule has 20 heteroatoms. The van der Waals surface area contributed by atoms with Crippen LogP contribution in [0.15, 0.2) is 208 Å².